The topological polar surface area (TPSA) is 42.0 Å². The lowest BCUT2D eigenvalue weighted by atomic mass is 9.99. The number of unbranched alkanes of at least 4 members (excludes halogenated alkanes) is 1. The van der Waals surface area contributed by atoms with E-state index < -0.39 is 0 Å². The third kappa shape index (κ3) is 3.96. The van der Waals surface area contributed by atoms with Gasteiger partial charge in [-0.15, -0.1) is 22.7 Å². The molecule has 118 valence electrons. The van der Waals surface area contributed by atoms with Crippen LogP contribution < -0.4 is 5.32 Å². The number of rotatable bonds is 6. The van der Waals surface area contributed by atoms with E-state index in [1.54, 1.807) is 22.7 Å². The van der Waals surface area contributed by atoms with Crippen molar-refractivity contribution in [1.82, 2.24) is 10.3 Å². The van der Waals surface area contributed by atoms with Gasteiger partial charge in [0, 0.05) is 22.5 Å². The smallest absolute Gasteiger partial charge is 0.261 e. The summed E-state index contributed by atoms with van der Waals surface area (Å²) in [5.74, 6) is 0.101. The van der Waals surface area contributed by atoms with E-state index in [1.165, 1.54) is 28.3 Å². The first-order valence-electron chi connectivity index (χ1n) is 8.03. The number of hydrogen-bond donors (Lipinski definition) is 1. The van der Waals surface area contributed by atoms with Gasteiger partial charge in [0.1, 0.15) is 0 Å². The molecule has 1 aliphatic carbocycles. The van der Waals surface area contributed by atoms with Crippen molar-refractivity contribution in [1.29, 1.82) is 0 Å². The van der Waals surface area contributed by atoms with Crippen LogP contribution in [-0.4, -0.2) is 17.4 Å². The predicted octanol–water partition coefficient (Wildman–Crippen LogP) is 4.14. The summed E-state index contributed by atoms with van der Waals surface area (Å²) in [7, 11) is 0. The number of thiazole rings is 1. The maximum atomic E-state index is 12.2. The van der Waals surface area contributed by atoms with Gasteiger partial charge in [0.2, 0.25) is 0 Å². The van der Waals surface area contributed by atoms with Crippen LogP contribution in [0.1, 0.15) is 56.5 Å². The molecular weight excluding hydrogens is 312 g/mol. The van der Waals surface area contributed by atoms with Crippen molar-refractivity contribution < 1.29 is 4.79 Å². The average molecular weight is 335 g/mol. The molecule has 0 saturated carbocycles. The van der Waals surface area contributed by atoms with Gasteiger partial charge in [-0.1, -0.05) is 0 Å². The van der Waals surface area contributed by atoms with Gasteiger partial charge in [0.25, 0.3) is 5.91 Å². The summed E-state index contributed by atoms with van der Waals surface area (Å²) in [4.78, 5) is 19.0. The second-order valence-corrected chi connectivity index (χ2v) is 7.94. The molecule has 0 aromatic carbocycles. The minimum absolute atomic E-state index is 0.101. The van der Waals surface area contributed by atoms with E-state index in [0.717, 1.165) is 49.2 Å². The molecular formula is C17H22N2OS2. The van der Waals surface area contributed by atoms with Gasteiger partial charge < -0.3 is 5.32 Å². The number of carbonyl (C=O) groups excluding carboxylic acids is 1. The predicted molar refractivity (Wildman–Crippen MR) is 93.1 cm³/mol. The molecule has 0 atom stereocenters. The highest BCUT2D eigenvalue weighted by atomic mass is 32.1. The number of aryl methyl sites for hydroxylation is 4. The zero-order valence-corrected chi connectivity index (χ0v) is 14.6. The Labute approximate surface area is 139 Å². The van der Waals surface area contributed by atoms with Crippen molar-refractivity contribution in [2.75, 3.05) is 6.54 Å². The zero-order valence-electron chi connectivity index (χ0n) is 13.0. The van der Waals surface area contributed by atoms with Crippen molar-refractivity contribution in [3.63, 3.8) is 0 Å². The Kier molecular flexibility index (Phi) is 5.26. The summed E-state index contributed by atoms with van der Waals surface area (Å²) in [6.45, 7) is 2.78. The number of nitrogens with one attached hydrogen (secondary N) is 1. The van der Waals surface area contributed by atoms with Gasteiger partial charge >= 0.3 is 0 Å². The number of hydrogen-bond acceptors (Lipinski definition) is 4. The van der Waals surface area contributed by atoms with Crippen molar-refractivity contribution >= 4 is 28.6 Å². The molecule has 0 unspecified atom stereocenters. The Morgan fingerprint density at radius 1 is 1.32 bits per heavy atom. The van der Waals surface area contributed by atoms with Crippen LogP contribution >= 0.6 is 22.7 Å². The van der Waals surface area contributed by atoms with Crippen LogP contribution in [0.25, 0.3) is 0 Å². The number of aromatic nitrogens is 1. The summed E-state index contributed by atoms with van der Waals surface area (Å²) in [5.41, 5.74) is 2.51. The first-order chi connectivity index (χ1) is 10.7. The Hall–Kier alpha value is -1.20. The fourth-order valence-electron chi connectivity index (χ4n) is 2.81. The van der Waals surface area contributed by atoms with E-state index in [4.69, 9.17) is 0 Å². The average Bonchev–Trinajstić information content (AvgIpc) is 3.12. The van der Waals surface area contributed by atoms with Crippen molar-refractivity contribution in [3.05, 3.63) is 37.5 Å². The Balaban J connectivity index is 1.39. The molecule has 2 aromatic rings. The van der Waals surface area contributed by atoms with Crippen molar-refractivity contribution in [3.8, 4) is 0 Å². The highest BCUT2D eigenvalue weighted by molar-refractivity contribution is 7.14. The third-order valence-corrected chi connectivity index (χ3v) is 6.25. The molecule has 0 spiro atoms. The van der Waals surface area contributed by atoms with Gasteiger partial charge in [-0.2, -0.15) is 0 Å². The van der Waals surface area contributed by atoms with Crippen LogP contribution in [0.3, 0.4) is 0 Å². The molecule has 2 aromatic heterocycles. The zero-order chi connectivity index (χ0) is 15.4. The van der Waals surface area contributed by atoms with Crippen LogP contribution in [0.4, 0.5) is 0 Å². The lowest BCUT2D eigenvalue weighted by molar-refractivity contribution is 0.0957. The molecule has 0 bridgehead atoms. The van der Waals surface area contributed by atoms with E-state index in [9.17, 15) is 4.79 Å². The fourth-order valence-corrected chi connectivity index (χ4v) is 4.80. The highest BCUT2D eigenvalue weighted by Gasteiger charge is 2.16. The number of nitrogens with zero attached hydrogens (tertiary/aromatic N) is 1. The minimum atomic E-state index is 0.101. The van der Waals surface area contributed by atoms with Crippen LogP contribution in [-0.2, 0) is 19.3 Å². The van der Waals surface area contributed by atoms with Crippen LogP contribution in [0.15, 0.2) is 11.4 Å². The molecule has 1 amide bonds. The lowest BCUT2D eigenvalue weighted by Crippen LogP contribution is -2.23. The summed E-state index contributed by atoms with van der Waals surface area (Å²) in [6, 6.07) is 2.10. The van der Waals surface area contributed by atoms with Gasteiger partial charge in [0.15, 0.2) is 0 Å². The summed E-state index contributed by atoms with van der Waals surface area (Å²) in [5, 5.41) is 6.35. The monoisotopic (exact) mass is 334 g/mol. The van der Waals surface area contributed by atoms with Gasteiger partial charge in [-0.3, -0.25) is 4.79 Å². The van der Waals surface area contributed by atoms with Crippen LogP contribution in [0, 0.1) is 6.92 Å². The van der Waals surface area contributed by atoms with E-state index in [0.29, 0.717) is 0 Å². The molecule has 0 saturated heterocycles. The van der Waals surface area contributed by atoms with E-state index in [2.05, 4.69) is 21.7 Å². The number of fused-ring (bicyclic) bond motifs is 1. The second kappa shape index (κ2) is 7.38. The molecule has 2 heterocycles. The fraction of sp³-hybridized carbons (Fsp3) is 0.529. The number of carbonyl (C=O) groups is 1. The third-order valence-electron chi connectivity index (χ3n) is 3.99. The molecule has 1 aliphatic rings. The summed E-state index contributed by atoms with van der Waals surface area (Å²) in [6.07, 6.45) is 7.93. The molecule has 5 heteroatoms. The quantitative estimate of drug-likeness (QED) is 0.807. The first-order valence-corrected chi connectivity index (χ1v) is 9.73. The maximum Gasteiger partial charge on any atom is 0.261 e. The normalized spacial score (nSPS) is 13.9. The van der Waals surface area contributed by atoms with Crippen molar-refractivity contribution in [2.45, 2.75) is 51.9 Å². The van der Waals surface area contributed by atoms with E-state index in [-0.39, 0.29) is 5.91 Å². The number of thiophene rings is 1. The minimum Gasteiger partial charge on any atom is -0.351 e. The van der Waals surface area contributed by atoms with Crippen LogP contribution in [0.5, 0.6) is 0 Å². The lowest BCUT2D eigenvalue weighted by Gasteiger charge is -2.08. The number of amides is 1. The molecule has 1 N–H and O–H groups in total. The second-order valence-electron chi connectivity index (χ2n) is 5.86. The summed E-state index contributed by atoms with van der Waals surface area (Å²) >= 11 is 3.42. The van der Waals surface area contributed by atoms with Gasteiger partial charge in [-0.25, -0.2) is 4.98 Å². The van der Waals surface area contributed by atoms with Gasteiger partial charge in [-0.05, 0) is 63.5 Å². The SMILES string of the molecule is Cc1csc(CCCCNC(=O)c2cc3c(s2)CCCC3)n1. The van der Waals surface area contributed by atoms with E-state index in [1.807, 2.05) is 6.92 Å². The summed E-state index contributed by atoms with van der Waals surface area (Å²) < 4.78 is 0. The Morgan fingerprint density at radius 2 is 2.18 bits per heavy atom. The maximum absolute atomic E-state index is 12.2. The Morgan fingerprint density at radius 3 is 2.95 bits per heavy atom. The molecule has 3 rings (SSSR count). The standard InChI is InChI=1S/C17H22N2OS2/c1-12-11-21-16(19-12)8-4-5-9-18-17(20)15-10-13-6-2-3-7-14(13)22-15/h10-11H,2-9H2,1H3,(H,18,20). The largest absolute Gasteiger partial charge is 0.351 e. The molecule has 0 aliphatic heterocycles. The molecule has 22 heavy (non-hydrogen) atoms. The van der Waals surface area contributed by atoms with Crippen LogP contribution in [0.2, 0.25) is 0 Å². The highest BCUT2D eigenvalue weighted by Crippen LogP contribution is 2.29. The Bertz CT molecular complexity index is 621. The van der Waals surface area contributed by atoms with Gasteiger partial charge in [0.05, 0.1) is 9.88 Å². The molecule has 3 nitrogen and oxygen atoms in total. The molecule has 0 fully saturated rings. The van der Waals surface area contributed by atoms with E-state index >= 15 is 0 Å². The molecule has 0 radical (unpaired) electrons. The first kappa shape index (κ1) is 15.7. The van der Waals surface area contributed by atoms with Crippen molar-refractivity contribution in [2.24, 2.45) is 0 Å².